The van der Waals surface area contributed by atoms with Crippen LogP contribution in [0.2, 0.25) is 0 Å². The van der Waals surface area contributed by atoms with E-state index in [1.54, 1.807) is 44.8 Å². The molecule has 3 aromatic rings. The van der Waals surface area contributed by atoms with Crippen LogP contribution in [0.3, 0.4) is 0 Å². The van der Waals surface area contributed by atoms with E-state index in [1.807, 2.05) is 6.07 Å². The quantitative estimate of drug-likeness (QED) is 0.558. The predicted octanol–water partition coefficient (Wildman–Crippen LogP) is 3.91. The number of rotatable bonds is 8. The van der Waals surface area contributed by atoms with Gasteiger partial charge in [0.25, 0.3) is 0 Å². The van der Waals surface area contributed by atoms with E-state index in [2.05, 4.69) is 39.5 Å². The second-order valence-corrected chi connectivity index (χ2v) is 8.68. The Morgan fingerprint density at radius 3 is 2.44 bits per heavy atom. The molecule has 0 aliphatic carbocycles. The summed E-state index contributed by atoms with van der Waals surface area (Å²) in [4.78, 5) is 21.0. The van der Waals surface area contributed by atoms with E-state index < -0.39 is 0 Å². The third-order valence-electron chi connectivity index (χ3n) is 5.39. The number of methoxy groups -OCH3 is 3. The fourth-order valence-electron chi connectivity index (χ4n) is 3.86. The fraction of sp³-hybridized carbons (Fsp3) is 0.333. The SMILES string of the molecule is COc1cc(CC(=O)Nc2nc3c(s2)CN(Cc2ccccc2)CC3)cc(OC)c1OC. The lowest BCUT2D eigenvalue weighted by molar-refractivity contribution is -0.115. The highest BCUT2D eigenvalue weighted by Gasteiger charge is 2.22. The van der Waals surface area contributed by atoms with Crippen molar-refractivity contribution in [2.75, 3.05) is 33.2 Å². The number of carbonyl (C=O) groups is 1. The first-order chi connectivity index (χ1) is 15.6. The standard InChI is InChI=1S/C24H27N3O4S/c1-29-19-11-17(12-20(30-2)23(19)31-3)13-22(28)26-24-25-18-9-10-27(15-21(18)32-24)14-16-7-5-4-6-8-16/h4-8,11-12H,9-10,13-15H2,1-3H3,(H,25,26,28). The highest BCUT2D eigenvalue weighted by molar-refractivity contribution is 7.15. The molecular weight excluding hydrogens is 426 g/mol. The number of hydrogen-bond donors (Lipinski definition) is 1. The Labute approximate surface area is 191 Å². The van der Waals surface area contributed by atoms with Crippen molar-refractivity contribution in [3.8, 4) is 17.2 Å². The summed E-state index contributed by atoms with van der Waals surface area (Å²) >= 11 is 1.56. The number of fused-ring (bicyclic) bond motifs is 1. The molecule has 0 unspecified atom stereocenters. The van der Waals surface area contributed by atoms with Crippen LogP contribution in [-0.2, 0) is 30.7 Å². The Kier molecular flexibility index (Phi) is 6.92. The van der Waals surface area contributed by atoms with E-state index in [0.29, 0.717) is 22.4 Å². The second-order valence-electron chi connectivity index (χ2n) is 7.59. The number of nitrogens with zero attached hydrogens (tertiary/aromatic N) is 2. The lowest BCUT2D eigenvalue weighted by Gasteiger charge is -2.25. The molecule has 1 aliphatic rings. The number of hydrogen-bond acceptors (Lipinski definition) is 7. The van der Waals surface area contributed by atoms with Gasteiger partial charge in [-0.05, 0) is 23.3 Å². The molecule has 4 rings (SSSR count). The molecule has 32 heavy (non-hydrogen) atoms. The maximum Gasteiger partial charge on any atom is 0.230 e. The first-order valence-electron chi connectivity index (χ1n) is 10.4. The molecule has 1 aromatic heterocycles. The molecule has 2 heterocycles. The zero-order chi connectivity index (χ0) is 22.5. The van der Waals surface area contributed by atoms with E-state index in [1.165, 1.54) is 10.4 Å². The molecule has 1 aliphatic heterocycles. The van der Waals surface area contributed by atoms with Gasteiger partial charge < -0.3 is 19.5 Å². The van der Waals surface area contributed by atoms with Crippen LogP contribution in [0, 0.1) is 0 Å². The van der Waals surface area contributed by atoms with Crippen LogP contribution in [0.4, 0.5) is 5.13 Å². The van der Waals surface area contributed by atoms with Gasteiger partial charge in [0.2, 0.25) is 11.7 Å². The first-order valence-corrected chi connectivity index (χ1v) is 11.2. The van der Waals surface area contributed by atoms with Gasteiger partial charge >= 0.3 is 0 Å². The zero-order valence-electron chi connectivity index (χ0n) is 18.5. The summed E-state index contributed by atoms with van der Waals surface area (Å²) in [6, 6.07) is 14.0. The van der Waals surface area contributed by atoms with E-state index >= 15 is 0 Å². The van der Waals surface area contributed by atoms with E-state index in [-0.39, 0.29) is 12.3 Å². The molecule has 0 fully saturated rings. The van der Waals surface area contributed by atoms with Gasteiger partial charge in [-0.25, -0.2) is 4.98 Å². The highest BCUT2D eigenvalue weighted by atomic mass is 32.1. The Bertz CT molecular complexity index is 1060. The van der Waals surface area contributed by atoms with Crippen molar-refractivity contribution in [3.05, 3.63) is 64.2 Å². The van der Waals surface area contributed by atoms with Crippen LogP contribution in [0.5, 0.6) is 17.2 Å². The largest absolute Gasteiger partial charge is 0.493 e. The van der Waals surface area contributed by atoms with Crippen molar-refractivity contribution in [2.45, 2.75) is 25.9 Å². The number of thiazole rings is 1. The Hall–Kier alpha value is -3.10. The van der Waals surface area contributed by atoms with Crippen LogP contribution in [0.15, 0.2) is 42.5 Å². The monoisotopic (exact) mass is 453 g/mol. The van der Waals surface area contributed by atoms with Crippen LogP contribution in [0.25, 0.3) is 0 Å². The van der Waals surface area contributed by atoms with Crippen LogP contribution in [0.1, 0.15) is 21.7 Å². The number of nitrogens with one attached hydrogen (secondary N) is 1. The molecule has 0 bridgehead atoms. The van der Waals surface area contributed by atoms with Crippen molar-refractivity contribution in [3.63, 3.8) is 0 Å². The van der Waals surface area contributed by atoms with Crippen molar-refractivity contribution in [2.24, 2.45) is 0 Å². The van der Waals surface area contributed by atoms with Crippen LogP contribution in [-0.4, -0.2) is 43.7 Å². The van der Waals surface area contributed by atoms with Gasteiger partial charge in [0.1, 0.15) is 0 Å². The second kappa shape index (κ2) is 10.0. The number of anilines is 1. The lowest BCUT2D eigenvalue weighted by Crippen LogP contribution is -2.29. The maximum atomic E-state index is 12.7. The third-order valence-corrected chi connectivity index (χ3v) is 6.39. The smallest absolute Gasteiger partial charge is 0.230 e. The third kappa shape index (κ3) is 5.03. The molecule has 1 N–H and O–H groups in total. The van der Waals surface area contributed by atoms with Crippen LogP contribution < -0.4 is 19.5 Å². The lowest BCUT2D eigenvalue weighted by atomic mass is 10.1. The molecule has 0 atom stereocenters. The van der Waals surface area contributed by atoms with Crippen molar-refractivity contribution in [1.29, 1.82) is 0 Å². The molecule has 168 valence electrons. The summed E-state index contributed by atoms with van der Waals surface area (Å²) in [5.74, 6) is 1.43. The maximum absolute atomic E-state index is 12.7. The summed E-state index contributed by atoms with van der Waals surface area (Å²) in [5.41, 5.74) is 3.16. The summed E-state index contributed by atoms with van der Waals surface area (Å²) in [5, 5.41) is 3.60. The summed E-state index contributed by atoms with van der Waals surface area (Å²) in [6.07, 6.45) is 1.07. The summed E-state index contributed by atoms with van der Waals surface area (Å²) < 4.78 is 16.1. The van der Waals surface area contributed by atoms with Gasteiger partial charge in [0, 0.05) is 30.9 Å². The topological polar surface area (TPSA) is 72.9 Å². The van der Waals surface area contributed by atoms with Gasteiger partial charge in [0.05, 0.1) is 33.4 Å². The zero-order valence-corrected chi connectivity index (χ0v) is 19.3. The predicted molar refractivity (Wildman–Crippen MR) is 125 cm³/mol. The van der Waals surface area contributed by atoms with Gasteiger partial charge in [-0.1, -0.05) is 30.3 Å². The minimum Gasteiger partial charge on any atom is -0.493 e. The van der Waals surface area contributed by atoms with Gasteiger partial charge in [-0.15, -0.1) is 11.3 Å². The number of ether oxygens (including phenoxy) is 3. The number of amides is 1. The molecule has 1 amide bonds. The van der Waals surface area contributed by atoms with Gasteiger partial charge in [-0.2, -0.15) is 0 Å². The average molecular weight is 454 g/mol. The molecule has 7 nitrogen and oxygen atoms in total. The van der Waals surface area contributed by atoms with E-state index in [0.717, 1.165) is 37.3 Å². The molecule has 0 saturated heterocycles. The fourth-order valence-corrected chi connectivity index (χ4v) is 4.93. The average Bonchev–Trinajstić information content (AvgIpc) is 3.20. The van der Waals surface area contributed by atoms with Crippen molar-refractivity contribution in [1.82, 2.24) is 9.88 Å². The minimum atomic E-state index is -0.133. The Morgan fingerprint density at radius 1 is 1.06 bits per heavy atom. The molecular formula is C24H27N3O4S. The minimum absolute atomic E-state index is 0.133. The van der Waals surface area contributed by atoms with E-state index in [9.17, 15) is 4.79 Å². The van der Waals surface area contributed by atoms with Gasteiger partial charge in [0.15, 0.2) is 16.6 Å². The summed E-state index contributed by atoms with van der Waals surface area (Å²) in [7, 11) is 4.67. The van der Waals surface area contributed by atoms with Crippen LogP contribution >= 0.6 is 11.3 Å². The first kappa shape index (κ1) is 22.1. The Morgan fingerprint density at radius 2 is 1.78 bits per heavy atom. The molecule has 0 spiro atoms. The molecule has 0 saturated carbocycles. The van der Waals surface area contributed by atoms with Crippen molar-refractivity contribution < 1.29 is 19.0 Å². The summed E-state index contributed by atoms with van der Waals surface area (Å²) in [6.45, 7) is 2.73. The van der Waals surface area contributed by atoms with E-state index in [4.69, 9.17) is 14.2 Å². The van der Waals surface area contributed by atoms with Gasteiger partial charge in [-0.3, -0.25) is 9.69 Å². The highest BCUT2D eigenvalue weighted by Crippen LogP contribution is 2.38. The normalized spacial score (nSPS) is 13.3. The number of benzene rings is 2. The molecule has 0 radical (unpaired) electrons. The number of aromatic nitrogens is 1. The Balaban J connectivity index is 1.40. The molecule has 2 aromatic carbocycles. The molecule has 8 heteroatoms. The van der Waals surface area contributed by atoms with Crippen molar-refractivity contribution >= 4 is 22.4 Å². The number of carbonyl (C=O) groups excluding carboxylic acids is 1.